The molecular weight excluding hydrogens is 675 g/mol. The molecule has 0 aliphatic heterocycles. The third-order valence-electron chi connectivity index (χ3n) is 11.1. The van der Waals surface area contributed by atoms with Crippen molar-refractivity contribution in [3.8, 4) is 28.2 Å². The number of fused-ring (bicyclic) bond motifs is 13. The lowest BCUT2D eigenvalue weighted by Crippen LogP contribution is -2.04. The molecule has 9 aromatic carbocycles. The number of para-hydroxylation sites is 3. The number of thiophene rings is 1. The summed E-state index contributed by atoms with van der Waals surface area (Å²) in [7, 11) is 0. The molecule has 12 rings (SSSR count). The number of hydrogen-bond donors (Lipinski definition) is 0. The SMILES string of the molecule is c1ccc2cc3c(cc2c1)sc1c3c2ccccc2c2c3ccccc3n(-c3nc4ccccc4nc3-c3ccc(-c4cccc5ccccc45)cc3)c12. The summed E-state index contributed by atoms with van der Waals surface area (Å²) in [6.07, 6.45) is 0. The van der Waals surface area contributed by atoms with Gasteiger partial charge in [-0.2, -0.15) is 0 Å². The average Bonchev–Trinajstić information content (AvgIpc) is 3.78. The summed E-state index contributed by atoms with van der Waals surface area (Å²) in [5, 5.41) is 12.6. The zero-order valence-electron chi connectivity index (χ0n) is 29.0. The number of nitrogens with zero attached hydrogens (tertiary/aromatic N) is 3. The van der Waals surface area contributed by atoms with Gasteiger partial charge in [-0.25, -0.2) is 9.97 Å². The molecule has 0 radical (unpaired) electrons. The van der Waals surface area contributed by atoms with E-state index in [1.54, 1.807) is 0 Å². The van der Waals surface area contributed by atoms with Gasteiger partial charge in [-0.15, -0.1) is 11.3 Å². The Morgan fingerprint density at radius 1 is 0.426 bits per heavy atom. The van der Waals surface area contributed by atoms with Crippen molar-refractivity contribution in [1.82, 2.24) is 14.5 Å². The van der Waals surface area contributed by atoms with E-state index >= 15 is 0 Å². The van der Waals surface area contributed by atoms with Crippen LogP contribution in [0, 0.1) is 0 Å². The number of rotatable bonds is 3. The molecule has 0 spiro atoms. The normalized spacial score (nSPS) is 12.1. The molecule has 0 saturated heterocycles. The molecule has 0 N–H and O–H groups in total. The summed E-state index contributed by atoms with van der Waals surface area (Å²) in [4.78, 5) is 10.9. The highest BCUT2D eigenvalue weighted by Crippen LogP contribution is 2.49. The first-order valence-electron chi connectivity index (χ1n) is 18.3. The quantitative estimate of drug-likeness (QED) is 0.183. The van der Waals surface area contributed by atoms with Crippen LogP contribution in [0.5, 0.6) is 0 Å². The van der Waals surface area contributed by atoms with E-state index in [-0.39, 0.29) is 0 Å². The van der Waals surface area contributed by atoms with Crippen LogP contribution < -0.4 is 0 Å². The van der Waals surface area contributed by atoms with Crippen LogP contribution in [0.2, 0.25) is 0 Å². The molecule has 3 aromatic heterocycles. The maximum absolute atomic E-state index is 5.51. The molecule has 4 heteroatoms. The van der Waals surface area contributed by atoms with E-state index in [4.69, 9.17) is 9.97 Å². The van der Waals surface area contributed by atoms with E-state index < -0.39 is 0 Å². The molecule has 0 aliphatic carbocycles. The minimum absolute atomic E-state index is 0.831. The van der Waals surface area contributed by atoms with Crippen LogP contribution in [-0.2, 0) is 0 Å². The van der Waals surface area contributed by atoms with Gasteiger partial charge >= 0.3 is 0 Å². The Bertz CT molecular complexity index is 3490. The molecule has 12 aromatic rings. The van der Waals surface area contributed by atoms with Crippen LogP contribution in [0.15, 0.2) is 176 Å². The van der Waals surface area contributed by atoms with E-state index in [2.05, 4.69) is 168 Å². The highest BCUT2D eigenvalue weighted by atomic mass is 32.1. The van der Waals surface area contributed by atoms with Crippen LogP contribution >= 0.6 is 11.3 Å². The van der Waals surface area contributed by atoms with Gasteiger partial charge in [0.2, 0.25) is 0 Å². The van der Waals surface area contributed by atoms with Gasteiger partial charge in [0, 0.05) is 31.8 Å². The fourth-order valence-corrected chi connectivity index (χ4v) is 10.00. The van der Waals surface area contributed by atoms with Gasteiger partial charge in [0.1, 0.15) is 5.69 Å². The van der Waals surface area contributed by atoms with E-state index in [1.165, 1.54) is 79.9 Å². The smallest absolute Gasteiger partial charge is 0.165 e. The predicted molar refractivity (Wildman–Crippen MR) is 230 cm³/mol. The Morgan fingerprint density at radius 3 is 1.81 bits per heavy atom. The molecule has 0 unspecified atom stereocenters. The minimum Gasteiger partial charge on any atom is -0.290 e. The van der Waals surface area contributed by atoms with Gasteiger partial charge in [-0.05, 0) is 73.8 Å². The van der Waals surface area contributed by atoms with Crippen LogP contribution in [-0.4, -0.2) is 14.5 Å². The van der Waals surface area contributed by atoms with E-state index in [0.29, 0.717) is 0 Å². The van der Waals surface area contributed by atoms with Crippen molar-refractivity contribution < 1.29 is 0 Å². The molecule has 3 heterocycles. The van der Waals surface area contributed by atoms with Crippen LogP contribution in [0.3, 0.4) is 0 Å². The summed E-state index contributed by atoms with van der Waals surface area (Å²) in [6, 6.07) is 63.4. The fraction of sp³-hybridized carbons (Fsp3) is 0. The van der Waals surface area contributed by atoms with Crippen molar-refractivity contribution in [2.24, 2.45) is 0 Å². The van der Waals surface area contributed by atoms with Crippen LogP contribution in [0.4, 0.5) is 0 Å². The zero-order chi connectivity index (χ0) is 35.3. The second kappa shape index (κ2) is 11.3. The molecule has 0 atom stereocenters. The summed E-state index contributed by atoms with van der Waals surface area (Å²) in [5.41, 5.74) is 8.31. The van der Waals surface area contributed by atoms with Crippen LogP contribution in [0.1, 0.15) is 0 Å². The summed E-state index contributed by atoms with van der Waals surface area (Å²) in [6.45, 7) is 0. The van der Waals surface area contributed by atoms with Gasteiger partial charge in [0.05, 0.1) is 26.8 Å². The monoisotopic (exact) mass is 703 g/mol. The molecule has 0 amide bonds. The Labute approximate surface area is 314 Å². The van der Waals surface area contributed by atoms with Crippen molar-refractivity contribution in [2.75, 3.05) is 0 Å². The van der Waals surface area contributed by atoms with Crippen molar-refractivity contribution in [3.63, 3.8) is 0 Å². The Hall–Kier alpha value is -6.88. The second-order valence-corrected chi connectivity index (χ2v) is 15.2. The molecule has 0 saturated carbocycles. The molecule has 0 aliphatic rings. The highest BCUT2D eigenvalue weighted by molar-refractivity contribution is 7.27. The third-order valence-corrected chi connectivity index (χ3v) is 12.3. The lowest BCUT2D eigenvalue weighted by Gasteiger charge is -2.15. The van der Waals surface area contributed by atoms with Gasteiger partial charge < -0.3 is 0 Å². The van der Waals surface area contributed by atoms with Crippen molar-refractivity contribution in [3.05, 3.63) is 176 Å². The first-order valence-corrected chi connectivity index (χ1v) is 19.1. The largest absolute Gasteiger partial charge is 0.290 e. The minimum atomic E-state index is 0.831. The van der Waals surface area contributed by atoms with E-state index in [9.17, 15) is 0 Å². The maximum atomic E-state index is 5.51. The second-order valence-electron chi connectivity index (χ2n) is 14.1. The highest BCUT2D eigenvalue weighted by Gasteiger charge is 2.25. The average molecular weight is 704 g/mol. The maximum Gasteiger partial charge on any atom is 0.165 e. The molecule has 54 heavy (non-hydrogen) atoms. The standard InChI is InChI=1S/C50H29N3S/c1-2-14-34-29-44-40(28-33(34)13-1)46-38-18-6-5-17-37(38)45-39-19-7-10-23-43(39)53(48(45)49(46)54-44)50-47(51-41-21-8-9-22-42(41)52-50)32-26-24-31(25-27-32)36-20-11-15-30-12-3-4-16-35(30)36/h1-29H. The molecule has 0 fully saturated rings. The van der Waals surface area contributed by atoms with E-state index in [1.807, 2.05) is 23.5 Å². The van der Waals surface area contributed by atoms with Gasteiger partial charge in [-0.1, -0.05) is 146 Å². The van der Waals surface area contributed by atoms with Gasteiger partial charge in [0.25, 0.3) is 0 Å². The summed E-state index contributed by atoms with van der Waals surface area (Å²) >= 11 is 1.88. The predicted octanol–water partition coefficient (Wildman–Crippen LogP) is 13.9. The molecule has 3 nitrogen and oxygen atoms in total. The lowest BCUT2D eigenvalue weighted by atomic mass is 9.97. The Balaban J connectivity index is 1.20. The Morgan fingerprint density at radius 2 is 1.02 bits per heavy atom. The Kier molecular flexibility index (Phi) is 6.21. The first kappa shape index (κ1) is 29.7. The van der Waals surface area contributed by atoms with Crippen molar-refractivity contribution in [1.29, 1.82) is 0 Å². The molecule has 0 bridgehead atoms. The van der Waals surface area contributed by atoms with Crippen molar-refractivity contribution >= 4 is 96.7 Å². The summed E-state index contributed by atoms with van der Waals surface area (Å²) < 4.78 is 4.95. The number of benzene rings is 9. The van der Waals surface area contributed by atoms with Crippen molar-refractivity contribution in [2.45, 2.75) is 0 Å². The number of aromatic nitrogens is 3. The van der Waals surface area contributed by atoms with E-state index in [0.717, 1.165) is 33.6 Å². The topological polar surface area (TPSA) is 30.7 Å². The van der Waals surface area contributed by atoms with Gasteiger partial charge in [-0.3, -0.25) is 4.57 Å². The molecule has 250 valence electrons. The zero-order valence-corrected chi connectivity index (χ0v) is 29.8. The lowest BCUT2D eigenvalue weighted by molar-refractivity contribution is 1.08. The number of hydrogen-bond acceptors (Lipinski definition) is 3. The first-order chi connectivity index (χ1) is 26.8. The molecular formula is C50H29N3S. The summed E-state index contributed by atoms with van der Waals surface area (Å²) in [5.74, 6) is 0.831. The third kappa shape index (κ3) is 4.23. The van der Waals surface area contributed by atoms with Gasteiger partial charge in [0.15, 0.2) is 5.82 Å². The fourth-order valence-electron chi connectivity index (χ4n) is 8.71. The van der Waals surface area contributed by atoms with Crippen LogP contribution in [0.25, 0.3) is 114 Å².